The number of ether oxygens (including phenoxy) is 1. The molecule has 6 heteroatoms. The lowest BCUT2D eigenvalue weighted by Gasteiger charge is -2.11. The fraction of sp³-hybridized carbons (Fsp3) is 0.312. The standard InChI is InChI=1S/C16H18N2O4/c1-4-17-14(19)11(3)22-16(20)13-10(2)21-15(18-13)12-8-6-5-7-9-12/h5-9,11H,4H2,1-3H3,(H,17,19)/t11-/m0/s1. The Morgan fingerprint density at radius 2 is 2.00 bits per heavy atom. The number of amides is 1. The molecule has 1 heterocycles. The van der Waals surface area contributed by atoms with E-state index in [-0.39, 0.29) is 11.6 Å². The van der Waals surface area contributed by atoms with Gasteiger partial charge in [-0.3, -0.25) is 4.79 Å². The van der Waals surface area contributed by atoms with Crippen LogP contribution in [0.2, 0.25) is 0 Å². The highest BCUT2D eigenvalue weighted by molar-refractivity contribution is 5.91. The van der Waals surface area contributed by atoms with Gasteiger partial charge in [-0.2, -0.15) is 0 Å². The highest BCUT2D eigenvalue weighted by atomic mass is 16.5. The smallest absolute Gasteiger partial charge is 0.361 e. The maximum Gasteiger partial charge on any atom is 0.361 e. The number of hydrogen-bond acceptors (Lipinski definition) is 5. The van der Waals surface area contributed by atoms with E-state index in [1.165, 1.54) is 6.92 Å². The zero-order chi connectivity index (χ0) is 16.1. The first kappa shape index (κ1) is 15.8. The molecule has 0 unspecified atom stereocenters. The van der Waals surface area contributed by atoms with Crippen molar-refractivity contribution in [2.75, 3.05) is 6.54 Å². The van der Waals surface area contributed by atoms with Crippen LogP contribution in [0.15, 0.2) is 34.7 Å². The summed E-state index contributed by atoms with van der Waals surface area (Å²) in [7, 11) is 0. The predicted molar refractivity (Wildman–Crippen MR) is 80.2 cm³/mol. The van der Waals surface area contributed by atoms with Crippen LogP contribution in [0.4, 0.5) is 0 Å². The summed E-state index contributed by atoms with van der Waals surface area (Å²) in [6, 6.07) is 9.24. The van der Waals surface area contributed by atoms with E-state index < -0.39 is 12.1 Å². The predicted octanol–water partition coefficient (Wildman–Crippen LogP) is 2.33. The minimum Gasteiger partial charge on any atom is -0.448 e. The number of hydrogen-bond donors (Lipinski definition) is 1. The number of oxazole rings is 1. The quantitative estimate of drug-likeness (QED) is 0.857. The molecule has 0 fully saturated rings. The molecule has 1 amide bonds. The van der Waals surface area contributed by atoms with E-state index >= 15 is 0 Å². The lowest BCUT2D eigenvalue weighted by Crippen LogP contribution is -2.35. The lowest BCUT2D eigenvalue weighted by molar-refractivity contribution is -0.128. The molecule has 6 nitrogen and oxygen atoms in total. The van der Waals surface area contributed by atoms with Crippen molar-refractivity contribution in [3.63, 3.8) is 0 Å². The first-order valence-corrected chi connectivity index (χ1v) is 7.04. The van der Waals surface area contributed by atoms with Gasteiger partial charge in [0.05, 0.1) is 0 Å². The van der Waals surface area contributed by atoms with Gasteiger partial charge in [0.2, 0.25) is 5.89 Å². The Morgan fingerprint density at radius 3 is 2.64 bits per heavy atom. The molecule has 0 aliphatic rings. The Hall–Kier alpha value is -2.63. The molecule has 1 aromatic carbocycles. The summed E-state index contributed by atoms with van der Waals surface area (Å²) in [5.41, 5.74) is 0.844. The number of benzene rings is 1. The molecule has 0 saturated carbocycles. The Morgan fingerprint density at radius 1 is 1.32 bits per heavy atom. The second-order valence-electron chi connectivity index (χ2n) is 4.73. The van der Waals surface area contributed by atoms with E-state index in [9.17, 15) is 9.59 Å². The van der Waals surface area contributed by atoms with Gasteiger partial charge in [0.25, 0.3) is 5.91 Å². The van der Waals surface area contributed by atoms with Gasteiger partial charge in [-0.1, -0.05) is 18.2 Å². The molecule has 116 valence electrons. The summed E-state index contributed by atoms with van der Waals surface area (Å²) in [5.74, 6) is -0.329. The molecule has 22 heavy (non-hydrogen) atoms. The number of carbonyl (C=O) groups is 2. The van der Waals surface area contributed by atoms with Crippen molar-refractivity contribution in [2.45, 2.75) is 26.9 Å². The van der Waals surface area contributed by atoms with Gasteiger partial charge in [-0.15, -0.1) is 0 Å². The van der Waals surface area contributed by atoms with Gasteiger partial charge in [-0.25, -0.2) is 9.78 Å². The normalized spacial score (nSPS) is 11.8. The van der Waals surface area contributed by atoms with Crippen molar-refractivity contribution in [3.8, 4) is 11.5 Å². The summed E-state index contributed by atoms with van der Waals surface area (Å²) in [6.45, 7) is 5.41. The molecule has 2 aromatic rings. The highest BCUT2D eigenvalue weighted by Crippen LogP contribution is 2.22. The highest BCUT2D eigenvalue weighted by Gasteiger charge is 2.23. The second kappa shape index (κ2) is 6.89. The third kappa shape index (κ3) is 3.52. The van der Waals surface area contributed by atoms with Crippen LogP contribution in [0.25, 0.3) is 11.5 Å². The molecular formula is C16H18N2O4. The third-order valence-corrected chi connectivity index (χ3v) is 3.01. The van der Waals surface area contributed by atoms with Crippen LogP contribution in [0, 0.1) is 6.92 Å². The first-order chi connectivity index (χ1) is 10.5. The summed E-state index contributed by atoms with van der Waals surface area (Å²) in [5, 5.41) is 2.59. The van der Waals surface area contributed by atoms with Crippen LogP contribution in [-0.2, 0) is 9.53 Å². The van der Waals surface area contributed by atoms with Gasteiger partial charge < -0.3 is 14.5 Å². The Balaban J connectivity index is 2.14. The van der Waals surface area contributed by atoms with Crippen molar-refractivity contribution < 1.29 is 18.7 Å². The molecular weight excluding hydrogens is 284 g/mol. The van der Waals surface area contributed by atoms with Crippen LogP contribution in [0.5, 0.6) is 0 Å². The van der Waals surface area contributed by atoms with E-state index in [2.05, 4.69) is 10.3 Å². The van der Waals surface area contributed by atoms with Crippen molar-refractivity contribution >= 4 is 11.9 Å². The molecule has 0 radical (unpaired) electrons. The van der Waals surface area contributed by atoms with E-state index in [0.717, 1.165) is 5.56 Å². The van der Waals surface area contributed by atoms with Gasteiger partial charge in [0, 0.05) is 12.1 Å². The molecule has 0 aliphatic carbocycles. The van der Waals surface area contributed by atoms with Crippen LogP contribution in [0.1, 0.15) is 30.1 Å². The van der Waals surface area contributed by atoms with Gasteiger partial charge in [-0.05, 0) is 32.9 Å². The number of aromatic nitrogens is 1. The largest absolute Gasteiger partial charge is 0.448 e. The van der Waals surface area contributed by atoms with Gasteiger partial charge >= 0.3 is 5.97 Å². The summed E-state index contributed by atoms with van der Waals surface area (Å²) in [4.78, 5) is 27.9. The SMILES string of the molecule is CCNC(=O)[C@H](C)OC(=O)c1nc(-c2ccccc2)oc1C. The Bertz CT molecular complexity index is 664. The van der Waals surface area contributed by atoms with Crippen LogP contribution >= 0.6 is 0 Å². The Labute approximate surface area is 128 Å². The van der Waals surface area contributed by atoms with Crippen molar-refractivity contribution in [1.29, 1.82) is 0 Å². The van der Waals surface area contributed by atoms with Crippen molar-refractivity contribution in [1.82, 2.24) is 10.3 Å². The average Bonchev–Trinajstić information content (AvgIpc) is 2.90. The average molecular weight is 302 g/mol. The number of carbonyl (C=O) groups excluding carboxylic acids is 2. The molecule has 1 N–H and O–H groups in total. The summed E-state index contributed by atoms with van der Waals surface area (Å²) in [6.07, 6.45) is -0.885. The van der Waals surface area contributed by atoms with Crippen LogP contribution < -0.4 is 5.32 Å². The molecule has 0 spiro atoms. The van der Waals surface area contributed by atoms with E-state index in [4.69, 9.17) is 9.15 Å². The second-order valence-corrected chi connectivity index (χ2v) is 4.73. The molecule has 0 aliphatic heterocycles. The lowest BCUT2D eigenvalue weighted by atomic mass is 10.2. The third-order valence-electron chi connectivity index (χ3n) is 3.01. The number of esters is 1. The van der Waals surface area contributed by atoms with Crippen molar-refractivity contribution in [2.24, 2.45) is 0 Å². The van der Waals surface area contributed by atoms with Gasteiger partial charge in [0.15, 0.2) is 11.8 Å². The van der Waals surface area contributed by atoms with E-state index in [1.807, 2.05) is 30.3 Å². The maximum atomic E-state index is 12.1. The number of aryl methyl sites for hydroxylation is 1. The number of nitrogens with zero attached hydrogens (tertiary/aromatic N) is 1. The monoisotopic (exact) mass is 302 g/mol. The fourth-order valence-corrected chi connectivity index (χ4v) is 1.88. The zero-order valence-corrected chi connectivity index (χ0v) is 12.8. The molecule has 1 atom stereocenters. The molecule has 0 saturated heterocycles. The minimum atomic E-state index is -0.885. The maximum absolute atomic E-state index is 12.1. The summed E-state index contributed by atoms with van der Waals surface area (Å²) >= 11 is 0. The molecule has 0 bridgehead atoms. The molecule has 2 rings (SSSR count). The van der Waals surface area contributed by atoms with E-state index in [0.29, 0.717) is 18.2 Å². The number of likely N-dealkylation sites (N-methyl/N-ethyl adjacent to an activating group) is 1. The zero-order valence-electron chi connectivity index (χ0n) is 12.8. The minimum absolute atomic E-state index is 0.0787. The van der Waals surface area contributed by atoms with Gasteiger partial charge in [0.1, 0.15) is 5.76 Å². The molecule has 1 aromatic heterocycles. The van der Waals surface area contributed by atoms with Crippen LogP contribution in [0.3, 0.4) is 0 Å². The number of nitrogens with one attached hydrogen (secondary N) is 1. The van der Waals surface area contributed by atoms with E-state index in [1.54, 1.807) is 13.8 Å². The Kier molecular flexibility index (Phi) is 4.93. The number of rotatable bonds is 5. The first-order valence-electron chi connectivity index (χ1n) is 7.04. The topological polar surface area (TPSA) is 81.4 Å². The fourth-order valence-electron chi connectivity index (χ4n) is 1.88. The van der Waals surface area contributed by atoms with Crippen molar-refractivity contribution in [3.05, 3.63) is 41.8 Å². The van der Waals surface area contributed by atoms with Crippen LogP contribution in [-0.4, -0.2) is 29.5 Å². The summed E-state index contributed by atoms with van der Waals surface area (Å²) < 4.78 is 10.6.